The van der Waals surface area contributed by atoms with Gasteiger partial charge in [0.15, 0.2) is 0 Å². The lowest BCUT2D eigenvalue weighted by Crippen LogP contribution is -2.31. The molecule has 33 heavy (non-hydrogen) atoms. The number of carboxylic acid groups (broad SMARTS) is 1. The molecule has 1 fully saturated rings. The summed E-state index contributed by atoms with van der Waals surface area (Å²) >= 11 is 0. The van der Waals surface area contributed by atoms with Gasteiger partial charge in [-0.15, -0.1) is 0 Å². The van der Waals surface area contributed by atoms with Gasteiger partial charge in [-0.25, -0.2) is 14.3 Å². The zero-order valence-electron chi connectivity index (χ0n) is 18.7. The number of rotatable bonds is 8. The standard InChI is InChI=1S/C25H28N4O4/c1-17-4-10-20(11-5-17)23-24(21-3-2-12-26-13-21)28-29(25(32)27-23)14-18-6-8-19(9-7-18)15-33-16-22(30)31/h2-5,10-13,18-19H,6-9,14-16H2,1H3,(H,30,31). The van der Waals surface area contributed by atoms with Crippen molar-refractivity contribution in [3.63, 3.8) is 0 Å². The highest BCUT2D eigenvalue weighted by atomic mass is 16.5. The fourth-order valence-corrected chi connectivity index (χ4v) is 4.28. The molecule has 0 aliphatic heterocycles. The number of carboxylic acids is 1. The molecule has 8 nitrogen and oxygen atoms in total. The van der Waals surface area contributed by atoms with Crippen LogP contribution in [0.1, 0.15) is 31.2 Å². The summed E-state index contributed by atoms with van der Waals surface area (Å²) < 4.78 is 6.73. The number of aromatic nitrogens is 4. The lowest BCUT2D eigenvalue weighted by atomic mass is 9.82. The molecular weight excluding hydrogens is 420 g/mol. The summed E-state index contributed by atoms with van der Waals surface area (Å²) in [4.78, 5) is 32.2. The van der Waals surface area contributed by atoms with Crippen LogP contribution in [0.2, 0.25) is 0 Å². The first kappa shape index (κ1) is 22.8. The topological polar surface area (TPSA) is 107 Å². The Hall–Kier alpha value is -3.39. The van der Waals surface area contributed by atoms with Crippen molar-refractivity contribution in [2.24, 2.45) is 11.8 Å². The van der Waals surface area contributed by atoms with Crippen molar-refractivity contribution in [2.75, 3.05) is 13.2 Å². The summed E-state index contributed by atoms with van der Waals surface area (Å²) in [5.74, 6) is -0.266. The van der Waals surface area contributed by atoms with Crippen LogP contribution in [0.5, 0.6) is 0 Å². The van der Waals surface area contributed by atoms with Gasteiger partial charge in [0.2, 0.25) is 0 Å². The van der Waals surface area contributed by atoms with Crippen molar-refractivity contribution in [2.45, 2.75) is 39.2 Å². The van der Waals surface area contributed by atoms with E-state index in [-0.39, 0.29) is 12.3 Å². The van der Waals surface area contributed by atoms with Gasteiger partial charge < -0.3 is 9.84 Å². The van der Waals surface area contributed by atoms with Crippen LogP contribution in [0.4, 0.5) is 0 Å². The normalized spacial score (nSPS) is 18.2. The molecular formula is C25H28N4O4. The van der Waals surface area contributed by atoms with E-state index in [1.807, 2.05) is 43.3 Å². The minimum absolute atomic E-state index is 0.255. The molecule has 1 aromatic carbocycles. The molecule has 1 aliphatic rings. The number of aliphatic carboxylic acids is 1. The van der Waals surface area contributed by atoms with Gasteiger partial charge in [-0.1, -0.05) is 29.8 Å². The molecule has 8 heteroatoms. The van der Waals surface area contributed by atoms with Crippen LogP contribution in [0.25, 0.3) is 22.5 Å². The van der Waals surface area contributed by atoms with Crippen molar-refractivity contribution in [3.8, 4) is 22.5 Å². The molecule has 0 atom stereocenters. The van der Waals surface area contributed by atoms with Crippen LogP contribution in [-0.4, -0.2) is 44.0 Å². The third-order valence-electron chi connectivity index (χ3n) is 6.11. The summed E-state index contributed by atoms with van der Waals surface area (Å²) in [6.07, 6.45) is 7.22. The first-order chi connectivity index (χ1) is 16.0. The Morgan fingerprint density at radius 1 is 1.06 bits per heavy atom. The molecule has 1 aliphatic carbocycles. The van der Waals surface area contributed by atoms with Gasteiger partial charge in [0.05, 0.1) is 6.61 Å². The number of nitrogens with zero attached hydrogens (tertiary/aromatic N) is 4. The maximum absolute atomic E-state index is 12.9. The molecule has 0 bridgehead atoms. The van der Waals surface area contributed by atoms with E-state index in [1.54, 1.807) is 12.4 Å². The van der Waals surface area contributed by atoms with Crippen molar-refractivity contribution in [1.29, 1.82) is 0 Å². The van der Waals surface area contributed by atoms with Gasteiger partial charge in [-0.05, 0) is 56.6 Å². The summed E-state index contributed by atoms with van der Waals surface area (Å²) in [5, 5.41) is 13.4. The molecule has 0 unspecified atom stereocenters. The zero-order chi connectivity index (χ0) is 23.2. The Morgan fingerprint density at radius 2 is 1.79 bits per heavy atom. The first-order valence-corrected chi connectivity index (χ1v) is 11.3. The molecule has 0 saturated heterocycles. The predicted molar refractivity (Wildman–Crippen MR) is 124 cm³/mol. The number of aryl methyl sites for hydroxylation is 1. The minimum atomic E-state index is -0.944. The smallest absolute Gasteiger partial charge is 0.364 e. The van der Waals surface area contributed by atoms with Crippen LogP contribution in [0.15, 0.2) is 53.6 Å². The van der Waals surface area contributed by atoms with Crippen molar-refractivity contribution in [1.82, 2.24) is 19.7 Å². The minimum Gasteiger partial charge on any atom is -0.480 e. The van der Waals surface area contributed by atoms with E-state index in [0.29, 0.717) is 36.4 Å². The second-order valence-electron chi connectivity index (χ2n) is 8.68. The molecule has 1 saturated carbocycles. The number of carbonyl (C=O) groups is 1. The number of benzene rings is 1. The largest absolute Gasteiger partial charge is 0.480 e. The van der Waals surface area contributed by atoms with Gasteiger partial charge in [0.25, 0.3) is 0 Å². The van der Waals surface area contributed by atoms with Crippen LogP contribution in [-0.2, 0) is 16.1 Å². The monoisotopic (exact) mass is 448 g/mol. The van der Waals surface area contributed by atoms with Gasteiger partial charge >= 0.3 is 11.7 Å². The highest BCUT2D eigenvalue weighted by Crippen LogP contribution is 2.31. The fraction of sp³-hybridized carbons (Fsp3) is 0.400. The maximum atomic E-state index is 12.9. The van der Waals surface area contributed by atoms with Crippen LogP contribution in [0.3, 0.4) is 0 Å². The van der Waals surface area contributed by atoms with Crippen LogP contribution in [0, 0.1) is 18.8 Å². The highest BCUT2D eigenvalue weighted by molar-refractivity contribution is 5.76. The zero-order valence-corrected chi connectivity index (χ0v) is 18.7. The number of ether oxygens (including phenoxy) is 1. The van der Waals surface area contributed by atoms with E-state index in [2.05, 4.69) is 9.97 Å². The van der Waals surface area contributed by atoms with Crippen LogP contribution < -0.4 is 5.69 Å². The highest BCUT2D eigenvalue weighted by Gasteiger charge is 2.23. The summed E-state index contributed by atoms with van der Waals surface area (Å²) in [6.45, 7) is 2.74. The van der Waals surface area contributed by atoms with E-state index in [0.717, 1.165) is 42.4 Å². The van der Waals surface area contributed by atoms with Gasteiger partial charge in [-0.2, -0.15) is 10.1 Å². The molecule has 1 N–H and O–H groups in total. The molecule has 0 spiro atoms. The molecule has 0 radical (unpaired) electrons. The molecule has 0 amide bonds. The van der Waals surface area contributed by atoms with Gasteiger partial charge in [0.1, 0.15) is 18.0 Å². The second-order valence-corrected chi connectivity index (χ2v) is 8.68. The predicted octanol–water partition coefficient (Wildman–Crippen LogP) is 3.58. The van der Waals surface area contributed by atoms with E-state index in [1.165, 1.54) is 4.68 Å². The Kier molecular flexibility index (Phi) is 7.24. The first-order valence-electron chi connectivity index (χ1n) is 11.3. The van der Waals surface area contributed by atoms with Crippen molar-refractivity contribution >= 4 is 5.97 Å². The second kappa shape index (κ2) is 10.5. The Labute approximate surface area is 192 Å². The Balaban J connectivity index is 1.53. The molecule has 3 aromatic rings. The van der Waals surface area contributed by atoms with Gasteiger partial charge in [0, 0.05) is 30.1 Å². The van der Waals surface area contributed by atoms with E-state index >= 15 is 0 Å². The molecule has 2 aromatic heterocycles. The number of hydrogen-bond donors (Lipinski definition) is 1. The molecule has 4 rings (SSSR count). The SMILES string of the molecule is Cc1ccc(-c2nc(=O)n(CC3CCC(COCC(=O)O)CC3)nc2-c2cccnc2)cc1. The average molecular weight is 449 g/mol. The Morgan fingerprint density at radius 3 is 2.45 bits per heavy atom. The van der Waals surface area contributed by atoms with E-state index < -0.39 is 5.97 Å². The average Bonchev–Trinajstić information content (AvgIpc) is 2.82. The van der Waals surface area contributed by atoms with E-state index in [9.17, 15) is 9.59 Å². The number of hydrogen-bond acceptors (Lipinski definition) is 6. The van der Waals surface area contributed by atoms with Gasteiger partial charge in [-0.3, -0.25) is 4.98 Å². The summed E-state index contributed by atoms with van der Waals surface area (Å²) in [7, 11) is 0. The molecule has 2 heterocycles. The quantitative estimate of drug-likeness (QED) is 0.561. The fourth-order valence-electron chi connectivity index (χ4n) is 4.28. The third-order valence-corrected chi connectivity index (χ3v) is 6.11. The third kappa shape index (κ3) is 5.90. The molecule has 172 valence electrons. The lowest BCUT2D eigenvalue weighted by molar-refractivity contribution is -0.142. The van der Waals surface area contributed by atoms with Crippen LogP contribution >= 0.6 is 0 Å². The number of pyridine rings is 1. The summed E-state index contributed by atoms with van der Waals surface area (Å²) in [5.41, 5.74) is 3.63. The lowest BCUT2D eigenvalue weighted by Gasteiger charge is -2.28. The summed E-state index contributed by atoms with van der Waals surface area (Å²) in [6, 6.07) is 11.7. The maximum Gasteiger partial charge on any atom is 0.364 e. The Bertz CT molecular complexity index is 1140. The van der Waals surface area contributed by atoms with Crippen molar-refractivity contribution in [3.05, 3.63) is 64.8 Å². The van der Waals surface area contributed by atoms with Crippen molar-refractivity contribution < 1.29 is 14.6 Å². The van der Waals surface area contributed by atoms with E-state index in [4.69, 9.17) is 14.9 Å².